The van der Waals surface area contributed by atoms with Crippen LogP contribution in [0, 0.1) is 5.92 Å². The number of aliphatic imine (C=N–C) groups is 1. The van der Waals surface area contributed by atoms with E-state index in [2.05, 4.69) is 57.8 Å². The summed E-state index contributed by atoms with van der Waals surface area (Å²) in [6.45, 7) is 7.27. The number of nitrogens with one attached hydrogen (secondary N) is 2. The molecule has 25 heavy (non-hydrogen) atoms. The third kappa shape index (κ3) is 8.37. The highest BCUT2D eigenvalue weighted by atomic mass is 127. The summed E-state index contributed by atoms with van der Waals surface area (Å²) in [6.07, 6.45) is 2.39. The SMILES string of the molecule is CN=C(NCC1CCN(CCc2ccccc2)C1)NC(C)COC.I. The zero-order valence-electron chi connectivity index (χ0n) is 15.7. The van der Waals surface area contributed by atoms with Crippen molar-refractivity contribution in [3.05, 3.63) is 35.9 Å². The third-order valence-corrected chi connectivity index (χ3v) is 4.51. The highest BCUT2D eigenvalue weighted by molar-refractivity contribution is 14.0. The van der Waals surface area contributed by atoms with Crippen molar-refractivity contribution in [1.29, 1.82) is 0 Å². The van der Waals surface area contributed by atoms with Gasteiger partial charge in [0.1, 0.15) is 0 Å². The maximum Gasteiger partial charge on any atom is 0.191 e. The minimum atomic E-state index is 0. The van der Waals surface area contributed by atoms with Gasteiger partial charge in [0.2, 0.25) is 0 Å². The molecule has 1 aliphatic rings. The van der Waals surface area contributed by atoms with Gasteiger partial charge in [-0.3, -0.25) is 4.99 Å². The van der Waals surface area contributed by atoms with E-state index in [1.165, 1.54) is 25.1 Å². The lowest BCUT2D eigenvalue weighted by atomic mass is 10.1. The lowest BCUT2D eigenvalue weighted by Gasteiger charge is -2.19. The number of methoxy groups -OCH3 is 1. The molecule has 1 heterocycles. The molecule has 5 nitrogen and oxygen atoms in total. The van der Waals surface area contributed by atoms with Crippen LogP contribution >= 0.6 is 24.0 Å². The first-order valence-electron chi connectivity index (χ1n) is 8.93. The zero-order valence-corrected chi connectivity index (χ0v) is 18.0. The van der Waals surface area contributed by atoms with Gasteiger partial charge in [-0.2, -0.15) is 0 Å². The van der Waals surface area contributed by atoms with Crippen LogP contribution in [0.2, 0.25) is 0 Å². The van der Waals surface area contributed by atoms with Gasteiger partial charge in [0.05, 0.1) is 6.61 Å². The zero-order chi connectivity index (χ0) is 17.2. The summed E-state index contributed by atoms with van der Waals surface area (Å²) in [5.41, 5.74) is 1.43. The van der Waals surface area contributed by atoms with Crippen LogP contribution in [-0.2, 0) is 11.2 Å². The largest absolute Gasteiger partial charge is 0.383 e. The molecule has 0 radical (unpaired) electrons. The molecule has 1 aromatic rings. The van der Waals surface area contributed by atoms with Crippen molar-refractivity contribution < 1.29 is 4.74 Å². The number of nitrogens with zero attached hydrogens (tertiary/aromatic N) is 2. The van der Waals surface area contributed by atoms with Crippen LogP contribution in [-0.4, -0.2) is 63.8 Å². The first-order chi connectivity index (χ1) is 11.7. The van der Waals surface area contributed by atoms with E-state index in [0.717, 1.165) is 25.5 Å². The number of benzene rings is 1. The lowest BCUT2D eigenvalue weighted by molar-refractivity contribution is 0.179. The van der Waals surface area contributed by atoms with Gasteiger partial charge in [0.15, 0.2) is 5.96 Å². The van der Waals surface area contributed by atoms with Gasteiger partial charge in [-0.25, -0.2) is 0 Å². The van der Waals surface area contributed by atoms with Crippen LogP contribution in [0.15, 0.2) is 35.3 Å². The molecule has 0 aromatic heterocycles. The average Bonchev–Trinajstić information content (AvgIpc) is 3.06. The fraction of sp³-hybridized carbons (Fsp3) is 0.632. The number of hydrogen-bond donors (Lipinski definition) is 2. The fourth-order valence-corrected chi connectivity index (χ4v) is 3.18. The predicted octanol–water partition coefficient (Wildman–Crippen LogP) is 2.37. The highest BCUT2D eigenvalue weighted by Crippen LogP contribution is 2.15. The standard InChI is InChI=1S/C19H32N4O.HI/c1-16(15-24-3)22-19(20-2)21-13-18-10-12-23(14-18)11-9-17-7-5-4-6-8-17;/h4-8,16,18H,9-15H2,1-3H3,(H2,20,21,22);1H. The quantitative estimate of drug-likeness (QED) is 0.356. The van der Waals surface area contributed by atoms with Gasteiger partial charge in [-0.15, -0.1) is 24.0 Å². The Kier molecular flexibility index (Phi) is 11.1. The molecule has 1 aromatic carbocycles. The number of guanidine groups is 1. The molecule has 142 valence electrons. The van der Waals surface area contributed by atoms with E-state index in [-0.39, 0.29) is 30.0 Å². The number of ether oxygens (including phenoxy) is 1. The molecule has 6 heteroatoms. The predicted molar refractivity (Wildman–Crippen MR) is 116 cm³/mol. The Morgan fingerprint density at radius 1 is 1.36 bits per heavy atom. The second-order valence-electron chi connectivity index (χ2n) is 6.64. The summed E-state index contributed by atoms with van der Waals surface area (Å²) in [7, 11) is 3.53. The van der Waals surface area contributed by atoms with Gasteiger partial charge in [0, 0.05) is 39.8 Å². The molecule has 2 rings (SSSR count). The van der Waals surface area contributed by atoms with Crippen molar-refractivity contribution in [2.75, 3.05) is 46.9 Å². The molecule has 2 atom stereocenters. The molecule has 1 fully saturated rings. The smallest absolute Gasteiger partial charge is 0.191 e. The molecule has 0 aliphatic carbocycles. The van der Waals surface area contributed by atoms with E-state index < -0.39 is 0 Å². The molecule has 1 saturated heterocycles. The van der Waals surface area contributed by atoms with E-state index >= 15 is 0 Å². The normalized spacial score (nSPS) is 19.3. The number of likely N-dealkylation sites (tertiary alicyclic amines) is 1. The maximum atomic E-state index is 5.15. The van der Waals surface area contributed by atoms with E-state index in [1.807, 2.05) is 7.05 Å². The average molecular weight is 460 g/mol. The van der Waals surface area contributed by atoms with Crippen molar-refractivity contribution in [3.8, 4) is 0 Å². The fourth-order valence-electron chi connectivity index (χ4n) is 3.18. The van der Waals surface area contributed by atoms with E-state index in [4.69, 9.17) is 4.74 Å². The molecule has 1 aliphatic heterocycles. The van der Waals surface area contributed by atoms with Gasteiger partial charge in [0.25, 0.3) is 0 Å². The first-order valence-corrected chi connectivity index (χ1v) is 8.93. The topological polar surface area (TPSA) is 48.9 Å². The van der Waals surface area contributed by atoms with E-state index in [9.17, 15) is 0 Å². The Morgan fingerprint density at radius 3 is 2.80 bits per heavy atom. The Morgan fingerprint density at radius 2 is 2.12 bits per heavy atom. The van der Waals surface area contributed by atoms with Crippen molar-refractivity contribution in [2.45, 2.75) is 25.8 Å². The molecule has 0 amide bonds. The van der Waals surface area contributed by atoms with Gasteiger partial charge in [-0.1, -0.05) is 30.3 Å². The number of rotatable bonds is 8. The van der Waals surface area contributed by atoms with Crippen molar-refractivity contribution in [3.63, 3.8) is 0 Å². The summed E-state index contributed by atoms with van der Waals surface area (Å²) in [4.78, 5) is 6.86. The number of hydrogen-bond acceptors (Lipinski definition) is 3. The summed E-state index contributed by atoms with van der Waals surface area (Å²) in [6, 6.07) is 11.0. The van der Waals surface area contributed by atoms with Gasteiger partial charge in [-0.05, 0) is 37.8 Å². The van der Waals surface area contributed by atoms with Crippen molar-refractivity contribution in [1.82, 2.24) is 15.5 Å². The van der Waals surface area contributed by atoms with Crippen LogP contribution in [0.1, 0.15) is 18.9 Å². The van der Waals surface area contributed by atoms with Crippen LogP contribution in [0.4, 0.5) is 0 Å². The summed E-state index contributed by atoms with van der Waals surface area (Å²) >= 11 is 0. The lowest BCUT2D eigenvalue weighted by Crippen LogP contribution is -2.45. The Balaban J connectivity index is 0.00000312. The second-order valence-corrected chi connectivity index (χ2v) is 6.64. The Hall–Kier alpha value is -0.860. The first kappa shape index (κ1) is 22.2. The number of halogens is 1. The van der Waals surface area contributed by atoms with Crippen molar-refractivity contribution >= 4 is 29.9 Å². The summed E-state index contributed by atoms with van der Waals surface area (Å²) in [5.74, 6) is 1.55. The van der Waals surface area contributed by atoms with E-state index in [1.54, 1.807) is 7.11 Å². The van der Waals surface area contributed by atoms with Crippen LogP contribution in [0.25, 0.3) is 0 Å². The highest BCUT2D eigenvalue weighted by Gasteiger charge is 2.22. The molecule has 0 bridgehead atoms. The maximum absolute atomic E-state index is 5.15. The molecule has 2 unspecified atom stereocenters. The summed E-state index contributed by atoms with van der Waals surface area (Å²) in [5, 5.41) is 6.80. The van der Waals surface area contributed by atoms with Gasteiger partial charge >= 0.3 is 0 Å². The molecular formula is C19H33IN4O. The monoisotopic (exact) mass is 460 g/mol. The Labute approximate surface area is 169 Å². The third-order valence-electron chi connectivity index (χ3n) is 4.51. The van der Waals surface area contributed by atoms with Gasteiger partial charge < -0.3 is 20.3 Å². The van der Waals surface area contributed by atoms with Crippen LogP contribution in [0.5, 0.6) is 0 Å². The second kappa shape index (κ2) is 12.5. The molecule has 0 spiro atoms. The molecule has 2 N–H and O–H groups in total. The minimum absolute atomic E-state index is 0. The van der Waals surface area contributed by atoms with Crippen molar-refractivity contribution in [2.24, 2.45) is 10.9 Å². The van der Waals surface area contributed by atoms with E-state index in [0.29, 0.717) is 12.5 Å². The minimum Gasteiger partial charge on any atom is -0.383 e. The van der Waals surface area contributed by atoms with Crippen LogP contribution in [0.3, 0.4) is 0 Å². The molecular weight excluding hydrogens is 427 g/mol. The van der Waals surface area contributed by atoms with Crippen LogP contribution < -0.4 is 10.6 Å². The Bertz CT molecular complexity index is 497. The molecule has 0 saturated carbocycles. The summed E-state index contributed by atoms with van der Waals surface area (Å²) < 4.78 is 5.15.